The maximum atomic E-state index is 9.94. The summed E-state index contributed by atoms with van der Waals surface area (Å²) in [7, 11) is 0. The molecule has 0 spiro atoms. The SMILES string of the molecule is OC[C@@H]1N[C@@H](CO[C@H]2O[C@@H](CO)[C@@H](O)[C@@H](O)[C@H]2O)[C@@H](O)[C@@H](O)[C@@H]1O. The minimum absolute atomic E-state index is 0.301. The van der Waals surface area contributed by atoms with Crippen LogP contribution in [-0.4, -0.2) is 122 Å². The quantitative estimate of drug-likeness (QED) is 0.228. The second-order valence-electron chi connectivity index (χ2n) is 6.06. The summed E-state index contributed by atoms with van der Waals surface area (Å²) in [6.45, 7) is -1.39. The number of piperidine rings is 1. The monoisotopic (exact) mass is 355 g/mol. The predicted octanol–water partition coefficient (Wildman–Crippen LogP) is -5.78. The zero-order valence-electron chi connectivity index (χ0n) is 12.8. The van der Waals surface area contributed by atoms with Gasteiger partial charge in [0.15, 0.2) is 6.29 Å². The molecule has 0 saturated carbocycles. The lowest BCUT2D eigenvalue weighted by atomic mass is 9.91. The molecule has 9 N–H and O–H groups in total. The fourth-order valence-electron chi connectivity index (χ4n) is 2.86. The van der Waals surface area contributed by atoms with Crippen molar-refractivity contribution in [2.75, 3.05) is 19.8 Å². The van der Waals surface area contributed by atoms with Crippen LogP contribution in [0.2, 0.25) is 0 Å². The van der Waals surface area contributed by atoms with Crippen LogP contribution in [0.4, 0.5) is 0 Å². The molecule has 2 fully saturated rings. The molecular formula is C13H25NO10. The number of rotatable bonds is 5. The molecule has 11 nitrogen and oxygen atoms in total. The molecular weight excluding hydrogens is 330 g/mol. The molecule has 0 aliphatic carbocycles. The number of aliphatic hydroxyl groups excluding tert-OH is 8. The third kappa shape index (κ3) is 3.86. The van der Waals surface area contributed by atoms with E-state index >= 15 is 0 Å². The van der Waals surface area contributed by atoms with Crippen LogP contribution in [0, 0.1) is 0 Å². The van der Waals surface area contributed by atoms with Gasteiger partial charge in [-0.2, -0.15) is 0 Å². The molecule has 2 aliphatic rings. The summed E-state index contributed by atoms with van der Waals surface area (Å²) < 4.78 is 10.4. The Hall–Kier alpha value is -0.440. The standard InChI is InChI=1S/C13H25NO10/c15-1-4-7(17)10(20)8(18)5(14-4)3-23-13-12(22)11(21)9(19)6(2-16)24-13/h4-22H,1-3H2/t4-,5-,6-,7+,8+,9+,10-,11+,12+,13-/m0/s1. The molecule has 2 saturated heterocycles. The second-order valence-corrected chi connectivity index (χ2v) is 6.06. The summed E-state index contributed by atoms with van der Waals surface area (Å²) in [6.07, 6.45) is -11.5. The zero-order valence-corrected chi connectivity index (χ0v) is 12.8. The van der Waals surface area contributed by atoms with E-state index in [9.17, 15) is 30.6 Å². The molecule has 2 aliphatic heterocycles. The lowest BCUT2D eigenvalue weighted by Crippen LogP contribution is -2.67. The van der Waals surface area contributed by atoms with Crippen LogP contribution in [0.5, 0.6) is 0 Å². The average molecular weight is 355 g/mol. The summed E-state index contributed by atoms with van der Waals surface area (Å²) >= 11 is 0. The van der Waals surface area contributed by atoms with Crippen LogP contribution in [0.3, 0.4) is 0 Å². The Balaban J connectivity index is 1.96. The molecule has 0 aromatic rings. The molecule has 0 radical (unpaired) electrons. The smallest absolute Gasteiger partial charge is 0.186 e. The van der Waals surface area contributed by atoms with E-state index in [0.29, 0.717) is 0 Å². The van der Waals surface area contributed by atoms with Gasteiger partial charge in [0.25, 0.3) is 0 Å². The fraction of sp³-hybridized carbons (Fsp3) is 1.00. The van der Waals surface area contributed by atoms with Crippen molar-refractivity contribution < 1.29 is 50.3 Å². The molecule has 2 rings (SSSR count). The van der Waals surface area contributed by atoms with Crippen LogP contribution in [0.25, 0.3) is 0 Å². The van der Waals surface area contributed by atoms with Gasteiger partial charge in [-0.3, -0.25) is 0 Å². The van der Waals surface area contributed by atoms with E-state index in [1.165, 1.54) is 0 Å². The van der Waals surface area contributed by atoms with Crippen molar-refractivity contribution in [3.63, 3.8) is 0 Å². The van der Waals surface area contributed by atoms with Gasteiger partial charge in [0.1, 0.15) is 30.5 Å². The number of ether oxygens (including phenoxy) is 2. The zero-order chi connectivity index (χ0) is 18.0. The van der Waals surface area contributed by atoms with Crippen molar-refractivity contribution >= 4 is 0 Å². The lowest BCUT2D eigenvalue weighted by Gasteiger charge is -2.43. The first-order valence-corrected chi connectivity index (χ1v) is 7.65. The Labute approximate surface area is 137 Å². The molecule has 11 heteroatoms. The minimum atomic E-state index is -1.59. The number of nitrogens with one attached hydrogen (secondary N) is 1. The summed E-state index contributed by atoms with van der Waals surface area (Å²) in [5.74, 6) is 0. The van der Waals surface area contributed by atoms with Gasteiger partial charge in [-0.1, -0.05) is 0 Å². The highest BCUT2D eigenvalue weighted by atomic mass is 16.7. The first kappa shape index (κ1) is 19.9. The van der Waals surface area contributed by atoms with Gasteiger partial charge < -0.3 is 55.6 Å². The highest BCUT2D eigenvalue weighted by molar-refractivity contribution is 4.98. The topological polar surface area (TPSA) is 192 Å². The van der Waals surface area contributed by atoms with Crippen molar-refractivity contribution in [2.24, 2.45) is 0 Å². The minimum Gasteiger partial charge on any atom is -0.395 e. The van der Waals surface area contributed by atoms with Gasteiger partial charge in [-0.15, -0.1) is 0 Å². The lowest BCUT2D eigenvalue weighted by molar-refractivity contribution is -0.304. The van der Waals surface area contributed by atoms with Gasteiger partial charge >= 0.3 is 0 Å². The Bertz CT molecular complexity index is 361. The van der Waals surface area contributed by atoms with E-state index in [4.69, 9.17) is 19.7 Å². The van der Waals surface area contributed by atoms with Crippen LogP contribution < -0.4 is 5.32 Å². The normalized spacial score (nSPS) is 50.0. The Morgan fingerprint density at radius 2 is 1.29 bits per heavy atom. The molecule has 10 atom stereocenters. The second kappa shape index (κ2) is 8.29. The molecule has 0 unspecified atom stereocenters. The average Bonchev–Trinajstić information content (AvgIpc) is 2.58. The highest BCUT2D eigenvalue weighted by Crippen LogP contribution is 2.23. The van der Waals surface area contributed by atoms with Gasteiger partial charge in [-0.25, -0.2) is 0 Å². The van der Waals surface area contributed by atoms with Gasteiger partial charge in [0.2, 0.25) is 0 Å². The van der Waals surface area contributed by atoms with Crippen molar-refractivity contribution in [1.29, 1.82) is 0 Å². The maximum Gasteiger partial charge on any atom is 0.186 e. The van der Waals surface area contributed by atoms with Crippen molar-refractivity contribution in [3.8, 4) is 0 Å². The first-order chi connectivity index (χ1) is 11.3. The summed E-state index contributed by atoms with van der Waals surface area (Å²) in [5, 5.41) is 79.6. The Morgan fingerprint density at radius 3 is 1.88 bits per heavy atom. The van der Waals surface area contributed by atoms with Crippen LogP contribution in [-0.2, 0) is 9.47 Å². The number of hydrogen-bond acceptors (Lipinski definition) is 11. The van der Waals surface area contributed by atoms with E-state index in [-0.39, 0.29) is 6.61 Å². The van der Waals surface area contributed by atoms with Crippen molar-refractivity contribution in [2.45, 2.75) is 61.1 Å². The fourth-order valence-corrected chi connectivity index (χ4v) is 2.86. The molecule has 0 bridgehead atoms. The largest absolute Gasteiger partial charge is 0.395 e. The van der Waals surface area contributed by atoms with Gasteiger partial charge in [-0.05, 0) is 0 Å². The molecule has 0 amide bonds. The number of hydrogen-bond donors (Lipinski definition) is 9. The summed E-state index contributed by atoms with van der Waals surface area (Å²) in [6, 6.07) is -1.78. The van der Waals surface area contributed by atoms with E-state index in [1.807, 2.05) is 0 Å². The molecule has 0 aromatic carbocycles. The molecule has 24 heavy (non-hydrogen) atoms. The third-order valence-corrected chi connectivity index (χ3v) is 4.44. The number of aliphatic hydroxyl groups is 8. The molecule has 2 heterocycles. The van der Waals surface area contributed by atoms with Crippen molar-refractivity contribution in [1.82, 2.24) is 5.32 Å². The highest BCUT2D eigenvalue weighted by Gasteiger charge is 2.46. The van der Waals surface area contributed by atoms with E-state index in [0.717, 1.165) is 0 Å². The predicted molar refractivity (Wildman–Crippen MR) is 75.5 cm³/mol. The Morgan fingerprint density at radius 1 is 0.708 bits per heavy atom. The first-order valence-electron chi connectivity index (χ1n) is 7.65. The summed E-state index contributed by atoms with van der Waals surface area (Å²) in [4.78, 5) is 0. The van der Waals surface area contributed by atoms with Crippen LogP contribution in [0.15, 0.2) is 0 Å². The van der Waals surface area contributed by atoms with Crippen LogP contribution >= 0.6 is 0 Å². The van der Waals surface area contributed by atoms with E-state index in [1.54, 1.807) is 0 Å². The summed E-state index contributed by atoms with van der Waals surface area (Å²) in [5.41, 5.74) is 0. The van der Waals surface area contributed by atoms with E-state index in [2.05, 4.69) is 5.32 Å². The third-order valence-electron chi connectivity index (χ3n) is 4.44. The van der Waals surface area contributed by atoms with E-state index < -0.39 is 74.3 Å². The molecule has 142 valence electrons. The maximum absolute atomic E-state index is 9.94. The van der Waals surface area contributed by atoms with Crippen molar-refractivity contribution in [3.05, 3.63) is 0 Å². The van der Waals surface area contributed by atoms with Crippen LogP contribution in [0.1, 0.15) is 0 Å². The van der Waals surface area contributed by atoms with Gasteiger partial charge in [0, 0.05) is 0 Å². The molecule has 0 aromatic heterocycles. The Kier molecular flexibility index (Phi) is 6.87. The van der Waals surface area contributed by atoms with Gasteiger partial charge in [0.05, 0.1) is 44.1 Å².